The molecule has 1 aliphatic heterocycles. The zero-order valence-electron chi connectivity index (χ0n) is 13.4. The highest BCUT2D eigenvalue weighted by atomic mass is 35.5. The van der Waals surface area contributed by atoms with Crippen LogP contribution in [0.15, 0.2) is 18.2 Å². The van der Waals surface area contributed by atoms with Crippen LogP contribution < -0.4 is 5.73 Å². The van der Waals surface area contributed by atoms with Crippen LogP contribution in [-0.2, 0) is 16.1 Å². The van der Waals surface area contributed by atoms with E-state index in [1.54, 1.807) is 6.07 Å². The van der Waals surface area contributed by atoms with Gasteiger partial charge in [0.05, 0.1) is 22.8 Å². The van der Waals surface area contributed by atoms with E-state index >= 15 is 0 Å². The Labute approximate surface area is 147 Å². The zero-order chi connectivity index (χ0) is 16.8. The van der Waals surface area contributed by atoms with Gasteiger partial charge in [-0.25, -0.2) is 0 Å². The quantitative estimate of drug-likeness (QED) is 0.844. The highest BCUT2D eigenvalue weighted by Crippen LogP contribution is 2.24. The summed E-state index contributed by atoms with van der Waals surface area (Å²) in [6.07, 6.45) is 3.19. The average molecular weight is 359 g/mol. The monoisotopic (exact) mass is 358 g/mol. The van der Waals surface area contributed by atoms with Crippen molar-refractivity contribution in [3.63, 3.8) is 0 Å². The smallest absolute Gasteiger partial charge is 0.222 e. The van der Waals surface area contributed by atoms with Crippen molar-refractivity contribution in [3.05, 3.63) is 33.8 Å². The summed E-state index contributed by atoms with van der Waals surface area (Å²) in [5, 5.41) is 1.09. The number of halogens is 2. The Morgan fingerprint density at radius 3 is 2.65 bits per heavy atom. The summed E-state index contributed by atoms with van der Waals surface area (Å²) in [6, 6.07) is 5.60. The Kier molecular flexibility index (Phi) is 7.15. The van der Waals surface area contributed by atoms with Crippen molar-refractivity contribution in [1.29, 1.82) is 0 Å². The zero-order valence-corrected chi connectivity index (χ0v) is 14.9. The first-order valence-corrected chi connectivity index (χ1v) is 8.80. The molecule has 2 N–H and O–H groups in total. The number of carbonyl (C=O) groups is 1. The molecule has 0 aliphatic carbocycles. The summed E-state index contributed by atoms with van der Waals surface area (Å²) in [5.74, 6) is 0.199. The molecule has 0 aromatic heterocycles. The van der Waals surface area contributed by atoms with E-state index in [4.69, 9.17) is 33.7 Å². The van der Waals surface area contributed by atoms with Crippen LogP contribution in [0.2, 0.25) is 10.0 Å². The maximum atomic E-state index is 12.1. The molecule has 1 saturated heterocycles. The maximum absolute atomic E-state index is 12.1. The van der Waals surface area contributed by atoms with Gasteiger partial charge in [-0.1, -0.05) is 29.3 Å². The molecule has 1 atom stereocenters. The lowest BCUT2D eigenvalue weighted by Crippen LogP contribution is -2.41. The molecule has 6 heteroatoms. The lowest BCUT2D eigenvalue weighted by Gasteiger charge is -2.32. The molecule has 4 nitrogen and oxygen atoms in total. The third-order valence-corrected chi connectivity index (χ3v) is 4.82. The van der Waals surface area contributed by atoms with Crippen LogP contribution >= 0.6 is 23.2 Å². The van der Waals surface area contributed by atoms with Crippen molar-refractivity contribution in [3.8, 4) is 0 Å². The van der Waals surface area contributed by atoms with Gasteiger partial charge in [-0.3, -0.25) is 4.79 Å². The number of benzene rings is 1. The second-order valence-corrected chi connectivity index (χ2v) is 6.97. The average Bonchev–Trinajstić information content (AvgIpc) is 2.54. The van der Waals surface area contributed by atoms with Crippen LogP contribution in [0.1, 0.15) is 38.2 Å². The highest BCUT2D eigenvalue weighted by Gasteiger charge is 2.23. The molecule has 1 fully saturated rings. The van der Waals surface area contributed by atoms with Crippen LogP contribution in [0.3, 0.4) is 0 Å². The van der Waals surface area contributed by atoms with Gasteiger partial charge < -0.3 is 15.4 Å². The summed E-state index contributed by atoms with van der Waals surface area (Å²) < 4.78 is 5.93. The van der Waals surface area contributed by atoms with Gasteiger partial charge in [0.15, 0.2) is 0 Å². The molecular formula is C17H24Cl2N2O2. The minimum absolute atomic E-state index is 0.0750. The first kappa shape index (κ1) is 18.5. The number of piperidine rings is 1. The van der Waals surface area contributed by atoms with Gasteiger partial charge in [-0.05, 0) is 43.9 Å². The van der Waals surface area contributed by atoms with Crippen LogP contribution in [-0.4, -0.2) is 36.0 Å². The van der Waals surface area contributed by atoms with Gasteiger partial charge in [0, 0.05) is 25.6 Å². The van der Waals surface area contributed by atoms with Gasteiger partial charge in [0.25, 0.3) is 0 Å². The normalized spacial score (nSPS) is 17.3. The SMILES string of the molecule is CC(N)CCC(=O)N1CCC(OCc2ccc(Cl)c(Cl)c2)CC1. The van der Waals surface area contributed by atoms with Crippen LogP contribution in [0.5, 0.6) is 0 Å². The maximum Gasteiger partial charge on any atom is 0.222 e. The topological polar surface area (TPSA) is 55.6 Å². The summed E-state index contributed by atoms with van der Waals surface area (Å²) in [4.78, 5) is 14.0. The van der Waals surface area contributed by atoms with E-state index in [0.29, 0.717) is 23.1 Å². The Morgan fingerprint density at radius 2 is 2.04 bits per heavy atom. The Balaban J connectivity index is 1.72. The van der Waals surface area contributed by atoms with Crippen molar-refractivity contribution in [2.45, 2.75) is 51.4 Å². The van der Waals surface area contributed by atoms with Crippen LogP contribution in [0.4, 0.5) is 0 Å². The third-order valence-electron chi connectivity index (χ3n) is 4.08. The predicted molar refractivity (Wildman–Crippen MR) is 93.7 cm³/mol. The Bertz CT molecular complexity index is 529. The number of ether oxygens (including phenoxy) is 1. The molecule has 1 amide bonds. The predicted octanol–water partition coefficient (Wildman–Crippen LogP) is 3.63. The lowest BCUT2D eigenvalue weighted by atomic mass is 10.1. The van der Waals surface area contributed by atoms with E-state index in [2.05, 4.69) is 0 Å². The fourth-order valence-corrected chi connectivity index (χ4v) is 2.95. The molecule has 1 aromatic rings. The number of nitrogens with zero attached hydrogens (tertiary/aromatic N) is 1. The molecule has 1 aromatic carbocycles. The number of hydrogen-bond donors (Lipinski definition) is 1. The number of likely N-dealkylation sites (tertiary alicyclic amines) is 1. The van der Waals surface area contributed by atoms with Crippen molar-refractivity contribution < 1.29 is 9.53 Å². The second kappa shape index (κ2) is 8.88. The molecule has 1 aliphatic rings. The van der Waals surface area contributed by atoms with E-state index in [-0.39, 0.29) is 18.1 Å². The summed E-state index contributed by atoms with van der Waals surface area (Å²) in [5.41, 5.74) is 6.71. The molecule has 1 unspecified atom stereocenters. The van der Waals surface area contributed by atoms with E-state index in [1.807, 2.05) is 24.0 Å². The van der Waals surface area contributed by atoms with Crippen LogP contribution in [0.25, 0.3) is 0 Å². The Morgan fingerprint density at radius 1 is 1.35 bits per heavy atom. The third kappa shape index (κ3) is 5.96. The van der Waals surface area contributed by atoms with Crippen molar-refractivity contribution in [2.75, 3.05) is 13.1 Å². The molecule has 0 saturated carbocycles. The van der Waals surface area contributed by atoms with Crippen LogP contribution in [0, 0.1) is 0 Å². The molecule has 23 heavy (non-hydrogen) atoms. The number of rotatable bonds is 6. The fourth-order valence-electron chi connectivity index (χ4n) is 2.62. The second-order valence-electron chi connectivity index (χ2n) is 6.16. The van der Waals surface area contributed by atoms with E-state index in [9.17, 15) is 4.79 Å². The number of carbonyl (C=O) groups excluding carboxylic acids is 1. The van der Waals surface area contributed by atoms with Gasteiger partial charge in [0.1, 0.15) is 0 Å². The van der Waals surface area contributed by atoms with Gasteiger partial charge in [-0.15, -0.1) is 0 Å². The van der Waals surface area contributed by atoms with Gasteiger partial charge in [-0.2, -0.15) is 0 Å². The lowest BCUT2D eigenvalue weighted by molar-refractivity contribution is -0.134. The molecular weight excluding hydrogens is 335 g/mol. The molecule has 1 heterocycles. The van der Waals surface area contributed by atoms with Gasteiger partial charge >= 0.3 is 0 Å². The number of amides is 1. The Hall–Kier alpha value is -0.810. The summed E-state index contributed by atoms with van der Waals surface area (Å²) in [6.45, 7) is 3.95. The first-order chi connectivity index (χ1) is 11.0. The minimum atomic E-state index is 0.0750. The molecule has 2 rings (SSSR count). The molecule has 0 radical (unpaired) electrons. The summed E-state index contributed by atoms with van der Waals surface area (Å²) in [7, 11) is 0. The largest absolute Gasteiger partial charge is 0.373 e. The number of nitrogens with two attached hydrogens (primary N) is 1. The van der Waals surface area contributed by atoms with E-state index in [0.717, 1.165) is 37.9 Å². The van der Waals surface area contributed by atoms with Crippen molar-refractivity contribution >= 4 is 29.1 Å². The van der Waals surface area contributed by atoms with Crippen molar-refractivity contribution in [2.24, 2.45) is 5.73 Å². The molecule has 0 bridgehead atoms. The summed E-state index contributed by atoms with van der Waals surface area (Å²) >= 11 is 11.9. The molecule has 0 spiro atoms. The highest BCUT2D eigenvalue weighted by molar-refractivity contribution is 6.42. The molecule has 128 valence electrons. The van der Waals surface area contributed by atoms with Crippen molar-refractivity contribution in [1.82, 2.24) is 4.90 Å². The van der Waals surface area contributed by atoms with E-state index in [1.165, 1.54) is 0 Å². The standard InChI is InChI=1S/C17H24Cl2N2O2/c1-12(20)2-5-17(22)21-8-6-14(7-9-21)23-11-13-3-4-15(18)16(19)10-13/h3-4,10,12,14H,2,5-9,11,20H2,1H3. The van der Waals surface area contributed by atoms with E-state index < -0.39 is 0 Å². The number of hydrogen-bond acceptors (Lipinski definition) is 3. The fraction of sp³-hybridized carbons (Fsp3) is 0.588. The minimum Gasteiger partial charge on any atom is -0.373 e. The first-order valence-electron chi connectivity index (χ1n) is 8.04. The van der Waals surface area contributed by atoms with Gasteiger partial charge in [0.2, 0.25) is 5.91 Å².